The van der Waals surface area contributed by atoms with Crippen LogP contribution in [0.5, 0.6) is 0 Å². The van der Waals surface area contributed by atoms with Crippen LogP contribution in [0.3, 0.4) is 0 Å². The van der Waals surface area contributed by atoms with E-state index < -0.39 is 11.9 Å². The van der Waals surface area contributed by atoms with E-state index in [9.17, 15) is 9.59 Å². The highest BCUT2D eigenvalue weighted by atomic mass is 32.2. The lowest BCUT2D eigenvalue weighted by molar-refractivity contribution is -0.150. The molecule has 1 rings (SSSR count). The van der Waals surface area contributed by atoms with Gasteiger partial charge in [-0.15, -0.1) is 11.8 Å². The second-order valence-electron chi connectivity index (χ2n) is 3.54. The minimum absolute atomic E-state index is 0.0997. The molecule has 17 heavy (non-hydrogen) atoms. The number of hydrogen-bond donors (Lipinski definition) is 0. The van der Waals surface area contributed by atoms with Crippen molar-refractivity contribution in [2.75, 3.05) is 12.4 Å². The SMILES string of the molecule is CCOC(=O)C(C)C(=O)CSc1ccccc1. The van der Waals surface area contributed by atoms with Crippen molar-refractivity contribution in [1.29, 1.82) is 0 Å². The average molecular weight is 252 g/mol. The van der Waals surface area contributed by atoms with E-state index in [1.54, 1.807) is 13.8 Å². The molecule has 0 aromatic heterocycles. The number of thioether (sulfide) groups is 1. The number of rotatable bonds is 6. The minimum Gasteiger partial charge on any atom is -0.465 e. The quantitative estimate of drug-likeness (QED) is 0.443. The smallest absolute Gasteiger partial charge is 0.316 e. The molecule has 1 aromatic rings. The van der Waals surface area contributed by atoms with E-state index >= 15 is 0 Å². The van der Waals surface area contributed by atoms with Crippen LogP contribution in [0.4, 0.5) is 0 Å². The summed E-state index contributed by atoms with van der Waals surface area (Å²) in [6.07, 6.45) is 0. The first kappa shape index (κ1) is 13.8. The number of carbonyl (C=O) groups excluding carboxylic acids is 2. The predicted octanol–water partition coefficient (Wildman–Crippen LogP) is 2.55. The fraction of sp³-hybridized carbons (Fsp3) is 0.385. The summed E-state index contributed by atoms with van der Waals surface area (Å²) in [6, 6.07) is 9.64. The van der Waals surface area contributed by atoms with Gasteiger partial charge in [-0.1, -0.05) is 18.2 Å². The topological polar surface area (TPSA) is 43.4 Å². The molecule has 92 valence electrons. The fourth-order valence-corrected chi connectivity index (χ4v) is 2.10. The van der Waals surface area contributed by atoms with Crippen LogP contribution in [0.25, 0.3) is 0 Å². The highest BCUT2D eigenvalue weighted by Gasteiger charge is 2.22. The summed E-state index contributed by atoms with van der Waals surface area (Å²) in [5, 5.41) is 0. The molecule has 0 amide bonds. The Labute approximate surface area is 106 Å². The van der Waals surface area contributed by atoms with Crippen molar-refractivity contribution in [3.8, 4) is 0 Å². The van der Waals surface area contributed by atoms with Gasteiger partial charge in [0.25, 0.3) is 0 Å². The van der Waals surface area contributed by atoms with Gasteiger partial charge in [-0.05, 0) is 26.0 Å². The molecule has 0 N–H and O–H groups in total. The van der Waals surface area contributed by atoms with Gasteiger partial charge in [0, 0.05) is 4.90 Å². The summed E-state index contributed by atoms with van der Waals surface area (Å²) in [5.74, 6) is -0.918. The van der Waals surface area contributed by atoms with Crippen LogP contribution in [0.2, 0.25) is 0 Å². The Morgan fingerprint density at radius 1 is 1.29 bits per heavy atom. The number of ether oxygens (including phenoxy) is 1. The van der Waals surface area contributed by atoms with Gasteiger partial charge in [0.15, 0.2) is 5.78 Å². The Hall–Kier alpha value is -1.29. The third-order valence-corrected chi connectivity index (χ3v) is 3.28. The zero-order valence-electron chi connectivity index (χ0n) is 10.0. The third-order valence-electron chi connectivity index (χ3n) is 2.25. The lowest BCUT2D eigenvalue weighted by Gasteiger charge is -2.09. The van der Waals surface area contributed by atoms with Crippen LogP contribution in [0.15, 0.2) is 35.2 Å². The first-order chi connectivity index (χ1) is 8.15. The molecule has 0 radical (unpaired) electrons. The van der Waals surface area contributed by atoms with Gasteiger partial charge in [0.1, 0.15) is 5.92 Å². The second-order valence-corrected chi connectivity index (χ2v) is 4.59. The molecule has 1 aromatic carbocycles. The number of carbonyl (C=O) groups is 2. The van der Waals surface area contributed by atoms with Gasteiger partial charge < -0.3 is 4.74 Å². The normalized spacial score (nSPS) is 11.9. The van der Waals surface area contributed by atoms with Gasteiger partial charge in [-0.3, -0.25) is 9.59 Å². The van der Waals surface area contributed by atoms with E-state index in [0.29, 0.717) is 12.4 Å². The summed E-state index contributed by atoms with van der Waals surface area (Å²) in [5.41, 5.74) is 0. The van der Waals surface area contributed by atoms with E-state index in [0.717, 1.165) is 4.90 Å². The number of ketones is 1. The van der Waals surface area contributed by atoms with Crippen LogP contribution in [0.1, 0.15) is 13.8 Å². The Morgan fingerprint density at radius 3 is 2.53 bits per heavy atom. The first-order valence-corrected chi connectivity index (χ1v) is 6.51. The third kappa shape index (κ3) is 4.61. The van der Waals surface area contributed by atoms with E-state index in [2.05, 4.69) is 0 Å². The average Bonchev–Trinajstić information content (AvgIpc) is 2.36. The molecule has 0 heterocycles. The van der Waals surface area contributed by atoms with Crippen molar-refractivity contribution in [3.63, 3.8) is 0 Å². The Kier molecular flexibility index (Phi) is 5.77. The molecule has 0 bridgehead atoms. The standard InChI is InChI=1S/C13H16O3S/c1-3-16-13(15)10(2)12(14)9-17-11-7-5-4-6-8-11/h4-8,10H,3,9H2,1-2H3. The van der Waals surface area contributed by atoms with Crippen molar-refractivity contribution >= 4 is 23.5 Å². The van der Waals surface area contributed by atoms with Crippen molar-refractivity contribution < 1.29 is 14.3 Å². The maximum atomic E-state index is 11.7. The molecule has 0 aliphatic rings. The summed E-state index contributed by atoms with van der Waals surface area (Å²) < 4.78 is 4.81. The van der Waals surface area contributed by atoms with Crippen LogP contribution < -0.4 is 0 Å². The Bertz CT molecular complexity index is 376. The molecule has 0 fully saturated rings. The van der Waals surface area contributed by atoms with Crippen LogP contribution >= 0.6 is 11.8 Å². The van der Waals surface area contributed by atoms with Crippen molar-refractivity contribution in [3.05, 3.63) is 30.3 Å². The molecule has 3 nitrogen and oxygen atoms in total. The van der Waals surface area contributed by atoms with Gasteiger partial charge in [0.2, 0.25) is 0 Å². The van der Waals surface area contributed by atoms with Gasteiger partial charge in [-0.2, -0.15) is 0 Å². The van der Waals surface area contributed by atoms with Crippen molar-refractivity contribution in [2.45, 2.75) is 18.7 Å². The number of Topliss-reactive ketones (excluding diaryl/α,β-unsaturated/α-hetero) is 1. The zero-order valence-corrected chi connectivity index (χ0v) is 10.8. The summed E-state index contributed by atoms with van der Waals surface area (Å²) >= 11 is 1.44. The molecular weight excluding hydrogens is 236 g/mol. The molecular formula is C13H16O3S. The van der Waals surface area contributed by atoms with Crippen molar-refractivity contribution in [2.24, 2.45) is 5.92 Å². The lowest BCUT2D eigenvalue weighted by Crippen LogP contribution is -2.24. The molecule has 0 saturated carbocycles. The van der Waals surface area contributed by atoms with Crippen LogP contribution in [-0.4, -0.2) is 24.1 Å². The number of benzene rings is 1. The predicted molar refractivity (Wildman–Crippen MR) is 68.0 cm³/mol. The monoisotopic (exact) mass is 252 g/mol. The molecule has 0 aliphatic heterocycles. The van der Waals surface area contributed by atoms with E-state index in [-0.39, 0.29) is 5.78 Å². The van der Waals surface area contributed by atoms with Gasteiger partial charge in [-0.25, -0.2) is 0 Å². The summed E-state index contributed by atoms with van der Waals surface area (Å²) in [4.78, 5) is 24.1. The maximum absolute atomic E-state index is 11.7. The van der Waals surface area contributed by atoms with Crippen molar-refractivity contribution in [1.82, 2.24) is 0 Å². The molecule has 0 spiro atoms. The van der Waals surface area contributed by atoms with E-state index in [1.165, 1.54) is 11.8 Å². The molecule has 1 atom stereocenters. The molecule has 0 aliphatic carbocycles. The first-order valence-electron chi connectivity index (χ1n) is 5.52. The molecule has 0 saturated heterocycles. The number of esters is 1. The van der Waals surface area contributed by atoms with E-state index in [1.807, 2.05) is 30.3 Å². The Balaban J connectivity index is 2.42. The van der Waals surface area contributed by atoms with Crippen LogP contribution in [0, 0.1) is 5.92 Å². The van der Waals surface area contributed by atoms with E-state index in [4.69, 9.17) is 4.74 Å². The minimum atomic E-state index is -0.675. The molecule has 1 unspecified atom stereocenters. The Morgan fingerprint density at radius 2 is 1.94 bits per heavy atom. The largest absolute Gasteiger partial charge is 0.465 e. The maximum Gasteiger partial charge on any atom is 0.316 e. The summed E-state index contributed by atoms with van der Waals surface area (Å²) in [7, 11) is 0. The van der Waals surface area contributed by atoms with Gasteiger partial charge >= 0.3 is 5.97 Å². The number of hydrogen-bond acceptors (Lipinski definition) is 4. The lowest BCUT2D eigenvalue weighted by atomic mass is 10.1. The highest BCUT2D eigenvalue weighted by Crippen LogP contribution is 2.18. The van der Waals surface area contributed by atoms with Crippen LogP contribution in [-0.2, 0) is 14.3 Å². The fourth-order valence-electron chi connectivity index (χ4n) is 1.19. The van der Waals surface area contributed by atoms with Gasteiger partial charge in [0.05, 0.1) is 12.4 Å². The highest BCUT2D eigenvalue weighted by molar-refractivity contribution is 8.00. The second kappa shape index (κ2) is 7.12. The zero-order chi connectivity index (χ0) is 12.7. The summed E-state index contributed by atoms with van der Waals surface area (Å²) in [6.45, 7) is 3.63. The molecule has 4 heteroatoms.